The number of rotatable bonds is 5. The third-order valence-electron chi connectivity index (χ3n) is 5.00. The van der Waals surface area contributed by atoms with Gasteiger partial charge in [-0.25, -0.2) is 0 Å². The summed E-state index contributed by atoms with van der Waals surface area (Å²) >= 11 is 6.06. The zero-order chi connectivity index (χ0) is 17.5. The number of nitrogens with zero attached hydrogens (tertiary/aromatic N) is 2. The maximum Gasteiger partial charge on any atom is 0.191 e. The van der Waals surface area contributed by atoms with Crippen LogP contribution in [-0.4, -0.2) is 24.5 Å². The number of aromatic nitrogens is 1. The van der Waals surface area contributed by atoms with Gasteiger partial charge < -0.3 is 10.6 Å². The summed E-state index contributed by atoms with van der Waals surface area (Å²) in [5.41, 5.74) is 2.52. The van der Waals surface area contributed by atoms with Crippen LogP contribution in [0.15, 0.2) is 53.7 Å². The largest absolute Gasteiger partial charge is 0.356 e. The fourth-order valence-corrected chi connectivity index (χ4v) is 3.70. The SMILES string of the molecule is CN=C(NCc1ccccn1)NCC1(c2ccc(Cl)cc2)CCCC1. The number of nitrogens with one attached hydrogen (secondary N) is 2. The van der Waals surface area contributed by atoms with Crippen LogP contribution in [-0.2, 0) is 12.0 Å². The number of hydrogen-bond acceptors (Lipinski definition) is 2. The number of aliphatic imine (C=N–C) groups is 1. The highest BCUT2D eigenvalue weighted by molar-refractivity contribution is 6.30. The molecule has 4 nitrogen and oxygen atoms in total. The van der Waals surface area contributed by atoms with Gasteiger partial charge in [0.1, 0.15) is 0 Å². The fraction of sp³-hybridized carbons (Fsp3) is 0.400. The molecule has 1 fully saturated rings. The van der Waals surface area contributed by atoms with Gasteiger partial charge in [-0.2, -0.15) is 0 Å². The Balaban J connectivity index is 1.63. The summed E-state index contributed by atoms with van der Waals surface area (Å²) in [7, 11) is 1.80. The van der Waals surface area contributed by atoms with E-state index in [4.69, 9.17) is 11.6 Å². The topological polar surface area (TPSA) is 49.3 Å². The highest BCUT2D eigenvalue weighted by atomic mass is 35.5. The van der Waals surface area contributed by atoms with Gasteiger partial charge in [0.05, 0.1) is 12.2 Å². The van der Waals surface area contributed by atoms with Crippen molar-refractivity contribution in [3.63, 3.8) is 0 Å². The Morgan fingerprint density at radius 1 is 1.12 bits per heavy atom. The molecular formula is C20H25ClN4. The van der Waals surface area contributed by atoms with Crippen LogP contribution in [0, 0.1) is 0 Å². The zero-order valence-corrected chi connectivity index (χ0v) is 15.4. The summed E-state index contributed by atoms with van der Waals surface area (Å²) in [5.74, 6) is 0.811. The van der Waals surface area contributed by atoms with Crippen molar-refractivity contribution in [3.8, 4) is 0 Å². The van der Waals surface area contributed by atoms with Crippen LogP contribution in [0.3, 0.4) is 0 Å². The van der Waals surface area contributed by atoms with E-state index in [1.165, 1.54) is 31.2 Å². The van der Waals surface area contributed by atoms with Gasteiger partial charge in [0.15, 0.2) is 5.96 Å². The summed E-state index contributed by atoms with van der Waals surface area (Å²) in [6, 6.07) is 14.2. The Kier molecular flexibility index (Phi) is 5.92. The van der Waals surface area contributed by atoms with E-state index in [-0.39, 0.29) is 5.41 Å². The quantitative estimate of drug-likeness (QED) is 0.630. The van der Waals surface area contributed by atoms with Crippen molar-refractivity contribution in [1.82, 2.24) is 15.6 Å². The molecule has 0 amide bonds. The van der Waals surface area contributed by atoms with Crippen LogP contribution < -0.4 is 10.6 Å². The minimum atomic E-state index is 0.160. The Labute approximate surface area is 154 Å². The van der Waals surface area contributed by atoms with E-state index < -0.39 is 0 Å². The highest BCUT2D eigenvalue weighted by Gasteiger charge is 2.35. The minimum Gasteiger partial charge on any atom is -0.356 e. The third kappa shape index (κ3) is 4.51. The first-order valence-electron chi connectivity index (χ1n) is 8.82. The highest BCUT2D eigenvalue weighted by Crippen LogP contribution is 2.40. The van der Waals surface area contributed by atoms with E-state index in [1.807, 2.05) is 30.3 Å². The number of benzene rings is 1. The monoisotopic (exact) mass is 356 g/mol. The van der Waals surface area contributed by atoms with Gasteiger partial charge in [-0.15, -0.1) is 0 Å². The van der Waals surface area contributed by atoms with Crippen molar-refractivity contribution in [2.45, 2.75) is 37.6 Å². The molecule has 0 unspecified atom stereocenters. The first-order valence-corrected chi connectivity index (χ1v) is 9.20. The Bertz CT molecular complexity index is 691. The molecule has 5 heteroatoms. The lowest BCUT2D eigenvalue weighted by Crippen LogP contribution is -2.44. The third-order valence-corrected chi connectivity index (χ3v) is 5.25. The van der Waals surface area contributed by atoms with E-state index in [0.717, 1.165) is 23.2 Å². The predicted octanol–water partition coefficient (Wildman–Crippen LogP) is 3.91. The van der Waals surface area contributed by atoms with E-state index in [9.17, 15) is 0 Å². The molecule has 0 spiro atoms. The Hall–Kier alpha value is -2.07. The normalized spacial score (nSPS) is 16.6. The molecule has 3 rings (SSSR count). The van der Waals surface area contributed by atoms with Crippen molar-refractivity contribution < 1.29 is 0 Å². The lowest BCUT2D eigenvalue weighted by Gasteiger charge is -2.31. The van der Waals surface area contributed by atoms with Crippen molar-refractivity contribution in [2.24, 2.45) is 4.99 Å². The molecule has 132 valence electrons. The van der Waals surface area contributed by atoms with Crippen LogP contribution in [0.2, 0.25) is 5.02 Å². The predicted molar refractivity (Wildman–Crippen MR) is 104 cm³/mol. The van der Waals surface area contributed by atoms with Gasteiger partial charge in [0, 0.05) is 30.2 Å². The minimum absolute atomic E-state index is 0.160. The Morgan fingerprint density at radius 2 is 1.88 bits per heavy atom. The maximum atomic E-state index is 6.06. The zero-order valence-electron chi connectivity index (χ0n) is 14.6. The molecule has 0 saturated heterocycles. The molecule has 25 heavy (non-hydrogen) atoms. The molecule has 2 aromatic rings. The summed E-state index contributed by atoms with van der Waals surface area (Å²) < 4.78 is 0. The second kappa shape index (κ2) is 8.34. The van der Waals surface area contributed by atoms with Crippen LogP contribution in [0.4, 0.5) is 0 Å². The van der Waals surface area contributed by atoms with Crippen molar-refractivity contribution >= 4 is 17.6 Å². The molecule has 2 N–H and O–H groups in total. The van der Waals surface area contributed by atoms with Crippen LogP contribution in [0.25, 0.3) is 0 Å². The maximum absolute atomic E-state index is 6.06. The second-order valence-electron chi connectivity index (χ2n) is 6.59. The molecule has 1 aromatic carbocycles. The summed E-state index contributed by atoms with van der Waals surface area (Å²) in [5, 5.41) is 7.65. The van der Waals surface area contributed by atoms with E-state index >= 15 is 0 Å². The average molecular weight is 357 g/mol. The van der Waals surface area contributed by atoms with Gasteiger partial charge in [-0.05, 0) is 42.7 Å². The molecular weight excluding hydrogens is 332 g/mol. The van der Waals surface area contributed by atoms with Gasteiger partial charge in [-0.3, -0.25) is 9.98 Å². The second-order valence-corrected chi connectivity index (χ2v) is 7.03. The fourth-order valence-electron chi connectivity index (χ4n) is 3.57. The summed E-state index contributed by atoms with van der Waals surface area (Å²) in [4.78, 5) is 8.68. The smallest absolute Gasteiger partial charge is 0.191 e. The number of pyridine rings is 1. The first-order chi connectivity index (χ1) is 12.2. The lowest BCUT2D eigenvalue weighted by atomic mass is 9.79. The molecule has 0 atom stereocenters. The molecule has 1 aliphatic carbocycles. The van der Waals surface area contributed by atoms with Crippen molar-refractivity contribution in [2.75, 3.05) is 13.6 Å². The van der Waals surface area contributed by atoms with Crippen molar-refractivity contribution in [3.05, 3.63) is 64.9 Å². The van der Waals surface area contributed by atoms with Crippen LogP contribution in [0.5, 0.6) is 0 Å². The summed E-state index contributed by atoms with van der Waals surface area (Å²) in [6.07, 6.45) is 6.73. The van der Waals surface area contributed by atoms with Crippen LogP contribution >= 0.6 is 11.6 Å². The van der Waals surface area contributed by atoms with Gasteiger partial charge >= 0.3 is 0 Å². The molecule has 1 saturated carbocycles. The average Bonchev–Trinajstić information content (AvgIpc) is 3.13. The standard InChI is InChI=1S/C20H25ClN4/c1-22-19(24-14-18-6-2-5-13-23-18)25-15-20(11-3-4-12-20)16-7-9-17(21)10-8-16/h2,5-10,13H,3-4,11-12,14-15H2,1H3,(H2,22,24,25). The van der Waals surface area contributed by atoms with Gasteiger partial charge in [0.2, 0.25) is 0 Å². The van der Waals surface area contributed by atoms with E-state index in [1.54, 1.807) is 13.2 Å². The van der Waals surface area contributed by atoms with Gasteiger partial charge in [0.25, 0.3) is 0 Å². The molecule has 0 radical (unpaired) electrons. The molecule has 1 aromatic heterocycles. The van der Waals surface area contributed by atoms with E-state index in [2.05, 4.69) is 32.7 Å². The lowest BCUT2D eigenvalue weighted by molar-refractivity contribution is 0.431. The molecule has 1 aliphatic rings. The van der Waals surface area contributed by atoms with Crippen molar-refractivity contribution in [1.29, 1.82) is 0 Å². The molecule has 0 bridgehead atoms. The summed E-state index contributed by atoms with van der Waals surface area (Å²) in [6.45, 7) is 1.53. The first kappa shape index (κ1) is 17.7. The molecule has 0 aliphatic heterocycles. The number of guanidine groups is 1. The van der Waals surface area contributed by atoms with E-state index in [0.29, 0.717) is 6.54 Å². The number of halogens is 1. The Morgan fingerprint density at radius 3 is 2.52 bits per heavy atom. The van der Waals surface area contributed by atoms with Gasteiger partial charge in [-0.1, -0.05) is 42.6 Å². The number of hydrogen-bond donors (Lipinski definition) is 2. The van der Waals surface area contributed by atoms with Crippen LogP contribution in [0.1, 0.15) is 36.9 Å². The molecule has 1 heterocycles.